The molecular formula is C20H30N2O3. The molecule has 1 aromatic carbocycles. The Labute approximate surface area is 151 Å². The second kappa shape index (κ2) is 11.5. The van der Waals surface area contributed by atoms with Gasteiger partial charge in [-0.05, 0) is 59.1 Å². The zero-order valence-electron chi connectivity index (χ0n) is 16.0. The minimum atomic E-state index is -0.351. The Morgan fingerprint density at radius 1 is 1.20 bits per heavy atom. The van der Waals surface area contributed by atoms with Gasteiger partial charge in [-0.2, -0.15) is 0 Å². The summed E-state index contributed by atoms with van der Waals surface area (Å²) in [6.07, 6.45) is 0.929. The van der Waals surface area contributed by atoms with E-state index in [0.717, 1.165) is 19.5 Å². The number of rotatable bonds is 10. The van der Waals surface area contributed by atoms with Gasteiger partial charge in [0, 0.05) is 12.6 Å². The van der Waals surface area contributed by atoms with Gasteiger partial charge in [-0.15, -0.1) is 5.92 Å². The summed E-state index contributed by atoms with van der Waals surface area (Å²) in [5, 5.41) is 0. The predicted molar refractivity (Wildman–Crippen MR) is 101 cm³/mol. The molecule has 0 saturated carbocycles. The molecule has 138 valence electrons. The van der Waals surface area contributed by atoms with Crippen LogP contribution in [0.25, 0.3) is 0 Å². The fourth-order valence-corrected chi connectivity index (χ4v) is 2.45. The third kappa shape index (κ3) is 8.57. The fourth-order valence-electron chi connectivity index (χ4n) is 2.45. The largest absolute Gasteiger partial charge is 0.482 e. The lowest BCUT2D eigenvalue weighted by Crippen LogP contribution is -2.41. The van der Waals surface area contributed by atoms with Crippen molar-refractivity contribution in [1.29, 1.82) is 0 Å². The molecule has 0 N–H and O–H groups in total. The highest BCUT2D eigenvalue weighted by Crippen LogP contribution is 2.15. The predicted octanol–water partition coefficient (Wildman–Crippen LogP) is 2.06. The van der Waals surface area contributed by atoms with Crippen molar-refractivity contribution in [3.8, 4) is 17.6 Å². The lowest BCUT2D eigenvalue weighted by atomic mass is 10.0. The van der Waals surface area contributed by atoms with E-state index >= 15 is 0 Å². The van der Waals surface area contributed by atoms with Crippen LogP contribution in [-0.4, -0.2) is 69.3 Å². The summed E-state index contributed by atoms with van der Waals surface area (Å²) in [6, 6.07) is 8.26. The average molecular weight is 346 g/mol. The third-order valence-corrected chi connectivity index (χ3v) is 3.76. The Balaban J connectivity index is 2.64. The summed E-state index contributed by atoms with van der Waals surface area (Å²) in [7, 11) is 6.27. The van der Waals surface area contributed by atoms with Crippen molar-refractivity contribution < 1.29 is 14.3 Å². The van der Waals surface area contributed by atoms with Gasteiger partial charge in [0.2, 0.25) is 0 Å². The molecule has 0 heterocycles. The van der Waals surface area contributed by atoms with Gasteiger partial charge in [-0.25, -0.2) is 4.79 Å². The molecule has 1 atom stereocenters. The molecule has 0 fully saturated rings. The normalized spacial score (nSPS) is 11.8. The van der Waals surface area contributed by atoms with Crippen molar-refractivity contribution >= 4 is 5.97 Å². The molecule has 0 aromatic heterocycles. The first-order valence-electron chi connectivity index (χ1n) is 8.58. The van der Waals surface area contributed by atoms with Crippen LogP contribution in [-0.2, 0) is 16.0 Å². The van der Waals surface area contributed by atoms with E-state index in [-0.39, 0.29) is 12.6 Å². The van der Waals surface area contributed by atoms with E-state index in [1.54, 1.807) is 6.92 Å². The molecule has 25 heavy (non-hydrogen) atoms. The molecule has 0 radical (unpaired) electrons. The maximum atomic E-state index is 11.3. The molecule has 0 spiro atoms. The second-order valence-electron chi connectivity index (χ2n) is 6.20. The van der Waals surface area contributed by atoms with Gasteiger partial charge in [0.1, 0.15) is 5.75 Å². The third-order valence-electron chi connectivity index (χ3n) is 3.76. The highest BCUT2D eigenvalue weighted by Gasteiger charge is 2.16. The van der Waals surface area contributed by atoms with Gasteiger partial charge in [0.25, 0.3) is 0 Å². The Morgan fingerprint density at radius 3 is 2.44 bits per heavy atom. The van der Waals surface area contributed by atoms with Crippen molar-refractivity contribution in [2.75, 3.05) is 47.4 Å². The summed E-state index contributed by atoms with van der Waals surface area (Å²) >= 11 is 0. The van der Waals surface area contributed by atoms with E-state index in [2.05, 4.69) is 42.8 Å². The second-order valence-corrected chi connectivity index (χ2v) is 6.20. The van der Waals surface area contributed by atoms with Gasteiger partial charge < -0.3 is 14.4 Å². The maximum Gasteiger partial charge on any atom is 0.344 e. The first kappa shape index (κ1) is 21.0. The number of carbonyl (C=O) groups excluding carboxylic acids is 1. The minimum Gasteiger partial charge on any atom is -0.482 e. The van der Waals surface area contributed by atoms with E-state index in [0.29, 0.717) is 18.4 Å². The van der Waals surface area contributed by atoms with Crippen LogP contribution in [0, 0.1) is 11.8 Å². The summed E-state index contributed by atoms with van der Waals surface area (Å²) < 4.78 is 10.3. The molecule has 0 saturated heterocycles. The van der Waals surface area contributed by atoms with Crippen LogP contribution in [0.3, 0.4) is 0 Å². The smallest absolute Gasteiger partial charge is 0.344 e. The summed E-state index contributed by atoms with van der Waals surface area (Å²) in [6.45, 7) is 5.67. The van der Waals surface area contributed by atoms with Crippen LogP contribution < -0.4 is 4.74 Å². The molecular weight excluding hydrogens is 316 g/mol. The first-order valence-corrected chi connectivity index (χ1v) is 8.58. The summed E-state index contributed by atoms with van der Waals surface area (Å²) in [5.41, 5.74) is 1.23. The molecule has 0 aliphatic rings. The van der Waals surface area contributed by atoms with Gasteiger partial charge in [-0.1, -0.05) is 18.1 Å². The van der Waals surface area contributed by atoms with Crippen molar-refractivity contribution in [2.45, 2.75) is 26.3 Å². The highest BCUT2D eigenvalue weighted by atomic mass is 16.6. The first-order chi connectivity index (χ1) is 12.0. The van der Waals surface area contributed by atoms with Crippen LogP contribution in [0.5, 0.6) is 5.75 Å². The molecule has 0 aliphatic heterocycles. The maximum absolute atomic E-state index is 11.3. The number of esters is 1. The number of benzene rings is 1. The molecule has 1 rings (SSSR count). The van der Waals surface area contributed by atoms with Crippen molar-refractivity contribution in [3.63, 3.8) is 0 Å². The Kier molecular flexibility index (Phi) is 9.68. The van der Waals surface area contributed by atoms with Gasteiger partial charge >= 0.3 is 5.97 Å². The minimum absolute atomic E-state index is 0.0606. The van der Waals surface area contributed by atoms with Crippen LogP contribution in [0.1, 0.15) is 19.4 Å². The van der Waals surface area contributed by atoms with Gasteiger partial charge in [0.05, 0.1) is 13.2 Å². The van der Waals surface area contributed by atoms with E-state index in [1.807, 2.05) is 31.2 Å². The lowest BCUT2D eigenvalue weighted by Gasteiger charge is -2.29. The number of hydrogen-bond acceptors (Lipinski definition) is 5. The molecule has 5 heteroatoms. The van der Waals surface area contributed by atoms with Crippen LogP contribution in [0.2, 0.25) is 0 Å². The topological polar surface area (TPSA) is 42.0 Å². The number of carbonyl (C=O) groups is 1. The van der Waals surface area contributed by atoms with Gasteiger partial charge in [-0.3, -0.25) is 4.90 Å². The van der Waals surface area contributed by atoms with Gasteiger partial charge in [0.15, 0.2) is 6.61 Å². The van der Waals surface area contributed by atoms with E-state index < -0.39 is 0 Å². The Hall–Kier alpha value is -2.03. The molecule has 0 unspecified atom stereocenters. The van der Waals surface area contributed by atoms with E-state index in [4.69, 9.17) is 9.47 Å². The van der Waals surface area contributed by atoms with E-state index in [9.17, 15) is 4.79 Å². The van der Waals surface area contributed by atoms with Crippen LogP contribution in [0.4, 0.5) is 0 Å². The fraction of sp³-hybridized carbons (Fsp3) is 0.550. The number of hydrogen-bond donors (Lipinski definition) is 0. The molecule has 1 aromatic rings. The lowest BCUT2D eigenvalue weighted by molar-refractivity contribution is -0.145. The SMILES string of the molecule is CC#CCN(C)[C@@H](Cc1ccc(OCC(=O)OCC)cc1)CN(C)C. The summed E-state index contributed by atoms with van der Waals surface area (Å²) in [5.74, 6) is 6.40. The average Bonchev–Trinajstić information content (AvgIpc) is 2.58. The molecule has 0 amide bonds. The number of ether oxygens (including phenoxy) is 2. The van der Waals surface area contributed by atoms with Crippen molar-refractivity contribution in [1.82, 2.24) is 9.80 Å². The molecule has 0 bridgehead atoms. The van der Waals surface area contributed by atoms with Crippen molar-refractivity contribution in [2.24, 2.45) is 0 Å². The Morgan fingerprint density at radius 2 is 1.88 bits per heavy atom. The zero-order valence-corrected chi connectivity index (χ0v) is 16.0. The summed E-state index contributed by atoms with van der Waals surface area (Å²) in [4.78, 5) is 15.8. The monoisotopic (exact) mass is 346 g/mol. The molecule has 5 nitrogen and oxygen atoms in total. The number of nitrogens with zero attached hydrogens (tertiary/aromatic N) is 2. The van der Waals surface area contributed by atoms with Crippen molar-refractivity contribution in [3.05, 3.63) is 29.8 Å². The van der Waals surface area contributed by atoms with E-state index in [1.165, 1.54) is 5.56 Å². The van der Waals surface area contributed by atoms with Crippen LogP contribution in [0.15, 0.2) is 24.3 Å². The quantitative estimate of drug-likeness (QED) is 0.479. The van der Waals surface area contributed by atoms with Crippen LogP contribution >= 0.6 is 0 Å². The standard InChI is InChI=1S/C20H30N2O3/c1-6-8-13-22(5)18(15-21(3)4)14-17-9-11-19(12-10-17)25-16-20(23)24-7-2/h9-12,18H,7,13-16H2,1-5H3/t18-/m0/s1. The highest BCUT2D eigenvalue weighted by molar-refractivity contribution is 5.71. The Bertz CT molecular complexity index is 573. The number of likely N-dealkylation sites (N-methyl/N-ethyl adjacent to an activating group) is 2. The molecule has 0 aliphatic carbocycles. The zero-order chi connectivity index (χ0) is 18.7.